The van der Waals surface area contributed by atoms with Crippen molar-refractivity contribution < 1.29 is 4.79 Å². The molecule has 2 rings (SSSR count). The summed E-state index contributed by atoms with van der Waals surface area (Å²) in [7, 11) is 0. The third-order valence-corrected chi connectivity index (χ3v) is 5.96. The molecule has 0 radical (unpaired) electrons. The van der Waals surface area contributed by atoms with Crippen LogP contribution in [0.5, 0.6) is 0 Å². The lowest BCUT2D eigenvalue weighted by molar-refractivity contribution is -0.116. The van der Waals surface area contributed by atoms with Crippen molar-refractivity contribution in [2.45, 2.75) is 31.0 Å². The second-order valence-corrected chi connectivity index (χ2v) is 8.39. The molecule has 1 aromatic heterocycles. The van der Waals surface area contributed by atoms with Crippen molar-refractivity contribution in [2.24, 2.45) is 5.92 Å². The van der Waals surface area contributed by atoms with E-state index in [-0.39, 0.29) is 12.3 Å². The summed E-state index contributed by atoms with van der Waals surface area (Å²) in [5.74, 6) is 1.44. The number of thioether (sulfide) groups is 1. The number of hydrogen-bond donors (Lipinski definition) is 1. The summed E-state index contributed by atoms with van der Waals surface area (Å²) >= 11 is 15.2. The standard InChI is InChI=1S/C15H17Cl2N3OS2/c1-9(2)8-22-15-20-19-14(23-15)18-13(21)7-6-10-11(16)4-3-5-12(10)17/h3-5,9H,6-8H2,1-2H3,(H,18,19,21). The van der Waals surface area contributed by atoms with Gasteiger partial charge in [0.25, 0.3) is 0 Å². The van der Waals surface area contributed by atoms with Gasteiger partial charge in [-0.05, 0) is 30.0 Å². The van der Waals surface area contributed by atoms with E-state index in [2.05, 4.69) is 29.4 Å². The molecule has 1 amide bonds. The number of hydrogen-bond acceptors (Lipinski definition) is 5. The van der Waals surface area contributed by atoms with Crippen LogP contribution in [0.1, 0.15) is 25.8 Å². The highest BCUT2D eigenvalue weighted by molar-refractivity contribution is 8.01. The quantitative estimate of drug-likeness (QED) is 0.524. The first-order chi connectivity index (χ1) is 11.0. The lowest BCUT2D eigenvalue weighted by Crippen LogP contribution is -2.12. The molecule has 124 valence electrons. The highest BCUT2D eigenvalue weighted by atomic mass is 35.5. The second-order valence-electron chi connectivity index (χ2n) is 5.33. The Kier molecular flexibility index (Phi) is 7.14. The number of nitrogens with zero attached hydrogens (tertiary/aromatic N) is 2. The Morgan fingerprint density at radius 1 is 1.30 bits per heavy atom. The van der Waals surface area contributed by atoms with Crippen molar-refractivity contribution in [1.29, 1.82) is 0 Å². The predicted molar refractivity (Wildman–Crippen MR) is 98.9 cm³/mol. The summed E-state index contributed by atoms with van der Waals surface area (Å²) in [5.41, 5.74) is 0.788. The van der Waals surface area contributed by atoms with Crippen molar-refractivity contribution >= 4 is 57.3 Å². The number of amides is 1. The van der Waals surface area contributed by atoms with Gasteiger partial charge in [-0.25, -0.2) is 0 Å². The third-order valence-electron chi connectivity index (χ3n) is 2.86. The molecule has 0 unspecified atom stereocenters. The molecule has 0 aliphatic carbocycles. The molecule has 1 N–H and O–H groups in total. The lowest BCUT2D eigenvalue weighted by atomic mass is 10.1. The molecule has 0 bridgehead atoms. The average molecular weight is 390 g/mol. The SMILES string of the molecule is CC(C)CSc1nnc(NC(=O)CCc2c(Cl)cccc2Cl)s1. The Hall–Kier alpha value is -0.820. The monoisotopic (exact) mass is 389 g/mol. The van der Waals surface area contributed by atoms with E-state index < -0.39 is 0 Å². The number of rotatable bonds is 7. The Labute approximate surface area is 154 Å². The van der Waals surface area contributed by atoms with E-state index in [0.29, 0.717) is 27.5 Å². The van der Waals surface area contributed by atoms with Gasteiger partial charge >= 0.3 is 0 Å². The number of anilines is 1. The highest BCUT2D eigenvalue weighted by Gasteiger charge is 2.11. The average Bonchev–Trinajstić information content (AvgIpc) is 2.92. The summed E-state index contributed by atoms with van der Waals surface area (Å²) in [6.45, 7) is 4.30. The second kappa shape index (κ2) is 8.87. The van der Waals surface area contributed by atoms with Gasteiger partial charge in [-0.3, -0.25) is 4.79 Å². The minimum absolute atomic E-state index is 0.127. The molecule has 0 fully saturated rings. The fourth-order valence-electron chi connectivity index (χ4n) is 1.75. The maximum Gasteiger partial charge on any atom is 0.226 e. The van der Waals surface area contributed by atoms with Gasteiger partial charge in [0, 0.05) is 22.2 Å². The van der Waals surface area contributed by atoms with Gasteiger partial charge in [0.1, 0.15) is 0 Å². The summed E-state index contributed by atoms with van der Waals surface area (Å²) in [6.07, 6.45) is 0.773. The van der Waals surface area contributed by atoms with Crippen molar-refractivity contribution in [2.75, 3.05) is 11.1 Å². The molecular formula is C15H17Cl2N3OS2. The normalized spacial score (nSPS) is 11.0. The molecule has 0 aliphatic heterocycles. The molecule has 8 heteroatoms. The molecule has 1 heterocycles. The first-order valence-corrected chi connectivity index (χ1v) is 9.70. The summed E-state index contributed by atoms with van der Waals surface area (Å²) in [4.78, 5) is 12.0. The molecule has 2 aromatic rings. The van der Waals surface area contributed by atoms with Crippen LogP contribution in [-0.4, -0.2) is 21.9 Å². The zero-order valence-corrected chi connectivity index (χ0v) is 16.0. The first-order valence-electron chi connectivity index (χ1n) is 7.14. The third kappa shape index (κ3) is 5.95. The number of carbonyl (C=O) groups is 1. The Morgan fingerprint density at radius 3 is 2.65 bits per heavy atom. The van der Waals surface area contributed by atoms with E-state index in [1.807, 2.05) is 0 Å². The number of halogens is 2. The fourth-order valence-corrected chi connectivity index (χ4v) is 4.08. The van der Waals surface area contributed by atoms with Gasteiger partial charge in [0.15, 0.2) is 4.34 Å². The van der Waals surface area contributed by atoms with Crippen LogP contribution in [0.25, 0.3) is 0 Å². The van der Waals surface area contributed by atoms with E-state index in [4.69, 9.17) is 23.2 Å². The van der Waals surface area contributed by atoms with Crippen molar-refractivity contribution in [1.82, 2.24) is 10.2 Å². The maximum absolute atomic E-state index is 12.0. The van der Waals surface area contributed by atoms with E-state index in [1.54, 1.807) is 30.0 Å². The van der Waals surface area contributed by atoms with Crippen LogP contribution in [0.4, 0.5) is 5.13 Å². The molecule has 0 spiro atoms. The Bertz CT molecular complexity index is 656. The van der Waals surface area contributed by atoms with E-state index in [1.165, 1.54) is 11.3 Å². The first kappa shape index (κ1) is 18.5. The zero-order chi connectivity index (χ0) is 16.8. The topological polar surface area (TPSA) is 54.9 Å². The van der Waals surface area contributed by atoms with E-state index in [9.17, 15) is 4.79 Å². The lowest BCUT2D eigenvalue weighted by Gasteiger charge is -2.06. The van der Waals surface area contributed by atoms with Crippen LogP contribution >= 0.6 is 46.3 Å². The minimum Gasteiger partial charge on any atom is -0.300 e. The van der Waals surface area contributed by atoms with E-state index in [0.717, 1.165) is 15.7 Å². The van der Waals surface area contributed by atoms with Crippen LogP contribution in [-0.2, 0) is 11.2 Å². The van der Waals surface area contributed by atoms with Crippen LogP contribution in [0.3, 0.4) is 0 Å². The molecule has 0 aliphatic rings. The highest BCUT2D eigenvalue weighted by Crippen LogP contribution is 2.28. The largest absolute Gasteiger partial charge is 0.300 e. The van der Waals surface area contributed by atoms with Gasteiger partial charge in [-0.2, -0.15) is 0 Å². The van der Waals surface area contributed by atoms with Crippen molar-refractivity contribution in [3.05, 3.63) is 33.8 Å². The molecule has 0 atom stereocenters. The number of aromatic nitrogens is 2. The summed E-state index contributed by atoms with van der Waals surface area (Å²) < 4.78 is 0.864. The predicted octanol–water partition coefficient (Wildman–Crippen LogP) is 5.16. The van der Waals surface area contributed by atoms with Gasteiger partial charge in [-0.15, -0.1) is 10.2 Å². The van der Waals surface area contributed by atoms with Crippen molar-refractivity contribution in [3.63, 3.8) is 0 Å². The van der Waals surface area contributed by atoms with Crippen LogP contribution in [0, 0.1) is 5.92 Å². The number of nitrogens with one attached hydrogen (secondary N) is 1. The fraction of sp³-hybridized carbons (Fsp3) is 0.400. The molecule has 0 saturated heterocycles. The Balaban J connectivity index is 1.85. The Morgan fingerprint density at radius 2 is 2.00 bits per heavy atom. The zero-order valence-electron chi connectivity index (χ0n) is 12.8. The molecular weight excluding hydrogens is 373 g/mol. The number of carbonyl (C=O) groups excluding carboxylic acids is 1. The van der Waals surface area contributed by atoms with Gasteiger partial charge in [0.05, 0.1) is 0 Å². The van der Waals surface area contributed by atoms with E-state index >= 15 is 0 Å². The number of benzene rings is 1. The molecule has 1 aromatic carbocycles. The summed E-state index contributed by atoms with van der Waals surface area (Å²) in [5, 5.41) is 12.5. The van der Waals surface area contributed by atoms with Gasteiger partial charge < -0.3 is 5.32 Å². The van der Waals surface area contributed by atoms with Crippen LogP contribution in [0.2, 0.25) is 10.0 Å². The molecule has 4 nitrogen and oxygen atoms in total. The van der Waals surface area contributed by atoms with Crippen LogP contribution in [0.15, 0.2) is 22.5 Å². The van der Waals surface area contributed by atoms with Crippen LogP contribution < -0.4 is 5.32 Å². The molecule has 0 saturated carbocycles. The van der Waals surface area contributed by atoms with Gasteiger partial charge in [0.2, 0.25) is 11.0 Å². The summed E-state index contributed by atoms with van der Waals surface area (Å²) in [6, 6.07) is 5.32. The minimum atomic E-state index is -0.127. The maximum atomic E-state index is 12.0. The molecule has 23 heavy (non-hydrogen) atoms. The van der Waals surface area contributed by atoms with Crippen molar-refractivity contribution in [3.8, 4) is 0 Å². The smallest absolute Gasteiger partial charge is 0.226 e. The van der Waals surface area contributed by atoms with Gasteiger partial charge in [-0.1, -0.05) is 66.2 Å².